The quantitative estimate of drug-likeness (QED) is 0.828. The van der Waals surface area contributed by atoms with Gasteiger partial charge in [-0.3, -0.25) is 9.59 Å². The molecule has 1 N–H and O–H groups in total. The van der Waals surface area contributed by atoms with Gasteiger partial charge in [-0.05, 0) is 31.7 Å². The Morgan fingerprint density at radius 2 is 2.22 bits per heavy atom. The van der Waals surface area contributed by atoms with Crippen LogP contribution in [0.5, 0.6) is 0 Å². The number of aliphatic hydroxyl groups excluding tert-OH is 1. The Bertz CT molecular complexity index is 465. The molecular weight excluding hydrogens is 250 g/mol. The molecule has 1 fully saturated rings. The summed E-state index contributed by atoms with van der Waals surface area (Å²) >= 11 is 1.27. The van der Waals surface area contributed by atoms with E-state index in [0.29, 0.717) is 22.9 Å². The van der Waals surface area contributed by atoms with E-state index in [1.54, 1.807) is 18.5 Å². The third-order valence-electron chi connectivity index (χ3n) is 3.19. The predicted molar refractivity (Wildman–Crippen MR) is 70.0 cm³/mol. The molecule has 0 radical (unpaired) electrons. The number of nitrogens with zero attached hydrogens (tertiary/aromatic N) is 1. The molecule has 1 aliphatic carbocycles. The number of amides is 1. The molecule has 1 aromatic rings. The lowest BCUT2D eigenvalue weighted by molar-refractivity contribution is 0.0649. The smallest absolute Gasteiger partial charge is 0.263 e. The molecule has 0 aromatic carbocycles. The minimum atomic E-state index is -0.425. The Morgan fingerprint density at radius 3 is 2.72 bits per heavy atom. The molecular formula is C13H17NO3S. The van der Waals surface area contributed by atoms with Crippen LogP contribution in [0, 0.1) is 5.92 Å². The maximum Gasteiger partial charge on any atom is 0.263 e. The van der Waals surface area contributed by atoms with Crippen LogP contribution >= 0.6 is 11.3 Å². The van der Waals surface area contributed by atoms with Gasteiger partial charge < -0.3 is 10.0 Å². The van der Waals surface area contributed by atoms with Gasteiger partial charge in [0.2, 0.25) is 0 Å². The van der Waals surface area contributed by atoms with Crippen LogP contribution in [0.3, 0.4) is 0 Å². The van der Waals surface area contributed by atoms with E-state index in [0.717, 1.165) is 12.8 Å². The Kier molecular flexibility index (Phi) is 3.82. The summed E-state index contributed by atoms with van der Waals surface area (Å²) in [5.74, 6) is 0.189. The Labute approximate surface area is 110 Å². The number of carbonyl (C=O) groups is 2. The van der Waals surface area contributed by atoms with Crippen molar-refractivity contribution in [2.24, 2.45) is 5.92 Å². The molecule has 1 saturated carbocycles. The molecule has 0 saturated heterocycles. The number of hydrogen-bond donors (Lipinski definition) is 1. The van der Waals surface area contributed by atoms with Gasteiger partial charge in [0.1, 0.15) is 0 Å². The van der Waals surface area contributed by atoms with E-state index >= 15 is 0 Å². The highest BCUT2D eigenvalue weighted by Crippen LogP contribution is 2.32. The summed E-state index contributed by atoms with van der Waals surface area (Å²) < 4.78 is 0. The van der Waals surface area contributed by atoms with Crippen molar-refractivity contribution in [2.45, 2.75) is 25.9 Å². The third-order valence-corrected chi connectivity index (χ3v) is 4.11. The van der Waals surface area contributed by atoms with Gasteiger partial charge in [-0.1, -0.05) is 0 Å². The van der Waals surface area contributed by atoms with E-state index in [-0.39, 0.29) is 11.7 Å². The standard InChI is InChI=1S/C13H17NO3S/c1-8(15)10-5-12(18-7-10)13(17)14(2)6-11(16)9-3-4-9/h5,7,9,11,16H,3-4,6H2,1-2H3. The van der Waals surface area contributed by atoms with E-state index in [9.17, 15) is 14.7 Å². The highest BCUT2D eigenvalue weighted by molar-refractivity contribution is 7.12. The summed E-state index contributed by atoms with van der Waals surface area (Å²) in [4.78, 5) is 25.3. The summed E-state index contributed by atoms with van der Waals surface area (Å²) in [6.07, 6.45) is 1.68. The van der Waals surface area contributed by atoms with Gasteiger partial charge in [0.25, 0.3) is 5.91 Å². The predicted octanol–water partition coefficient (Wildman–Crippen LogP) is 1.79. The van der Waals surface area contributed by atoms with Gasteiger partial charge in [0, 0.05) is 24.5 Å². The van der Waals surface area contributed by atoms with Crippen molar-refractivity contribution in [1.82, 2.24) is 4.90 Å². The molecule has 0 aliphatic heterocycles. The number of Topliss-reactive ketones (excluding diaryl/α,β-unsaturated/α-hetero) is 1. The molecule has 2 rings (SSSR count). The summed E-state index contributed by atoms with van der Waals surface area (Å²) in [6.45, 7) is 1.84. The largest absolute Gasteiger partial charge is 0.391 e. The summed E-state index contributed by atoms with van der Waals surface area (Å²) in [5, 5.41) is 11.5. The average molecular weight is 267 g/mol. The van der Waals surface area contributed by atoms with Crippen molar-refractivity contribution in [1.29, 1.82) is 0 Å². The average Bonchev–Trinajstić information content (AvgIpc) is 3.05. The van der Waals surface area contributed by atoms with Crippen LogP contribution in [-0.4, -0.2) is 41.4 Å². The number of hydrogen-bond acceptors (Lipinski definition) is 4. The second-order valence-corrected chi connectivity index (χ2v) is 5.76. The SMILES string of the molecule is CC(=O)c1csc(C(=O)N(C)CC(O)C2CC2)c1. The minimum Gasteiger partial charge on any atom is -0.391 e. The molecule has 1 atom stereocenters. The van der Waals surface area contributed by atoms with Crippen LogP contribution in [0.15, 0.2) is 11.4 Å². The van der Waals surface area contributed by atoms with E-state index in [2.05, 4.69) is 0 Å². The fraction of sp³-hybridized carbons (Fsp3) is 0.538. The second kappa shape index (κ2) is 5.20. The maximum atomic E-state index is 12.1. The first-order valence-corrected chi connectivity index (χ1v) is 6.90. The molecule has 98 valence electrons. The van der Waals surface area contributed by atoms with Crippen LogP contribution in [0.1, 0.15) is 39.8 Å². The van der Waals surface area contributed by atoms with E-state index in [1.807, 2.05) is 0 Å². The van der Waals surface area contributed by atoms with Crippen LogP contribution in [0.25, 0.3) is 0 Å². The summed E-state index contributed by atoms with van der Waals surface area (Å²) in [6, 6.07) is 1.62. The number of likely N-dealkylation sites (N-methyl/N-ethyl adjacent to an activating group) is 1. The highest BCUT2D eigenvalue weighted by atomic mass is 32.1. The lowest BCUT2D eigenvalue weighted by Gasteiger charge is -2.19. The fourth-order valence-electron chi connectivity index (χ4n) is 1.81. The lowest BCUT2D eigenvalue weighted by atomic mass is 10.2. The first-order valence-electron chi connectivity index (χ1n) is 6.02. The van der Waals surface area contributed by atoms with E-state index in [4.69, 9.17) is 0 Å². The molecule has 1 unspecified atom stereocenters. The number of ketones is 1. The zero-order valence-electron chi connectivity index (χ0n) is 10.5. The third kappa shape index (κ3) is 2.97. The van der Waals surface area contributed by atoms with E-state index in [1.165, 1.54) is 23.2 Å². The van der Waals surface area contributed by atoms with Gasteiger partial charge in [0.05, 0.1) is 11.0 Å². The van der Waals surface area contributed by atoms with Crippen molar-refractivity contribution in [3.63, 3.8) is 0 Å². The zero-order valence-corrected chi connectivity index (χ0v) is 11.4. The molecule has 0 bridgehead atoms. The summed E-state index contributed by atoms with van der Waals surface area (Å²) in [5.41, 5.74) is 0.569. The molecule has 0 spiro atoms. The van der Waals surface area contributed by atoms with E-state index < -0.39 is 6.10 Å². The Hall–Kier alpha value is -1.20. The molecule has 4 nitrogen and oxygen atoms in total. The lowest BCUT2D eigenvalue weighted by Crippen LogP contribution is -2.34. The van der Waals surface area contributed by atoms with Crippen molar-refractivity contribution in [3.05, 3.63) is 21.9 Å². The van der Waals surface area contributed by atoms with Gasteiger partial charge in [-0.15, -0.1) is 11.3 Å². The van der Waals surface area contributed by atoms with Gasteiger partial charge in [-0.2, -0.15) is 0 Å². The first-order chi connectivity index (χ1) is 8.49. The van der Waals surface area contributed by atoms with Crippen LogP contribution in [0.4, 0.5) is 0 Å². The van der Waals surface area contributed by atoms with Crippen molar-refractivity contribution < 1.29 is 14.7 Å². The minimum absolute atomic E-state index is 0.0361. The van der Waals surface area contributed by atoms with Crippen LogP contribution in [0.2, 0.25) is 0 Å². The molecule has 1 aromatic heterocycles. The topological polar surface area (TPSA) is 57.6 Å². The number of rotatable bonds is 5. The zero-order chi connectivity index (χ0) is 13.3. The molecule has 1 amide bonds. The van der Waals surface area contributed by atoms with Crippen molar-refractivity contribution in [2.75, 3.05) is 13.6 Å². The van der Waals surface area contributed by atoms with Crippen molar-refractivity contribution in [3.8, 4) is 0 Å². The monoisotopic (exact) mass is 267 g/mol. The second-order valence-electron chi connectivity index (χ2n) is 4.85. The molecule has 18 heavy (non-hydrogen) atoms. The molecule has 1 heterocycles. The van der Waals surface area contributed by atoms with Gasteiger partial charge in [-0.25, -0.2) is 0 Å². The van der Waals surface area contributed by atoms with Crippen molar-refractivity contribution >= 4 is 23.0 Å². The fourth-order valence-corrected chi connectivity index (χ4v) is 2.75. The molecule has 1 aliphatic rings. The normalized spacial score (nSPS) is 16.4. The van der Waals surface area contributed by atoms with Crippen LogP contribution < -0.4 is 0 Å². The number of aliphatic hydroxyl groups is 1. The maximum absolute atomic E-state index is 12.1. The number of thiophene rings is 1. The van der Waals surface area contributed by atoms with Gasteiger partial charge in [0.15, 0.2) is 5.78 Å². The Morgan fingerprint density at radius 1 is 1.56 bits per heavy atom. The Balaban J connectivity index is 1.98. The first kappa shape index (κ1) is 13.2. The van der Waals surface area contributed by atoms with Crippen LogP contribution in [-0.2, 0) is 0 Å². The summed E-state index contributed by atoms with van der Waals surface area (Å²) in [7, 11) is 1.68. The highest BCUT2D eigenvalue weighted by Gasteiger charge is 2.31. The van der Waals surface area contributed by atoms with Gasteiger partial charge >= 0.3 is 0 Å². The molecule has 5 heteroatoms. The number of carbonyl (C=O) groups excluding carboxylic acids is 2.